The number of aryl methyl sites for hydroxylation is 1. The molecular weight excluding hydrogens is 296 g/mol. The standard InChI is InChI=1S/C18H24O5/c1-4-21-17(19)10-7-13-23-16-9-6-8-14(3)15(16)11-12-18(20)22-5-2/h6,8-9,11-12H,4-5,7,10,13H2,1-3H3/b12-11+. The summed E-state index contributed by atoms with van der Waals surface area (Å²) in [5.41, 5.74) is 1.82. The molecule has 0 saturated carbocycles. The predicted molar refractivity (Wildman–Crippen MR) is 88.2 cm³/mol. The number of hydrogen-bond acceptors (Lipinski definition) is 5. The first-order chi connectivity index (χ1) is 11.1. The summed E-state index contributed by atoms with van der Waals surface area (Å²) < 4.78 is 15.5. The summed E-state index contributed by atoms with van der Waals surface area (Å²) >= 11 is 0. The van der Waals surface area contributed by atoms with Gasteiger partial charge >= 0.3 is 11.9 Å². The minimum atomic E-state index is -0.385. The number of rotatable bonds is 9. The van der Waals surface area contributed by atoms with Gasteiger partial charge in [-0.1, -0.05) is 12.1 Å². The summed E-state index contributed by atoms with van der Waals surface area (Å²) in [6.45, 7) is 6.62. The molecule has 0 atom stereocenters. The van der Waals surface area contributed by atoms with E-state index in [9.17, 15) is 9.59 Å². The van der Waals surface area contributed by atoms with Crippen molar-refractivity contribution in [2.75, 3.05) is 19.8 Å². The van der Waals surface area contributed by atoms with E-state index in [0.29, 0.717) is 38.4 Å². The highest BCUT2D eigenvalue weighted by Crippen LogP contribution is 2.24. The van der Waals surface area contributed by atoms with Crippen molar-refractivity contribution in [2.24, 2.45) is 0 Å². The molecule has 0 saturated heterocycles. The van der Waals surface area contributed by atoms with Gasteiger partial charge in [-0.05, 0) is 44.9 Å². The highest BCUT2D eigenvalue weighted by Gasteiger charge is 2.06. The summed E-state index contributed by atoms with van der Waals surface area (Å²) in [6, 6.07) is 5.66. The smallest absolute Gasteiger partial charge is 0.330 e. The van der Waals surface area contributed by atoms with Gasteiger partial charge in [0.05, 0.1) is 19.8 Å². The molecule has 0 aliphatic heterocycles. The number of ether oxygens (including phenoxy) is 3. The van der Waals surface area contributed by atoms with E-state index in [0.717, 1.165) is 11.1 Å². The van der Waals surface area contributed by atoms with Gasteiger partial charge in [-0.2, -0.15) is 0 Å². The lowest BCUT2D eigenvalue weighted by molar-refractivity contribution is -0.143. The average molecular weight is 320 g/mol. The minimum absolute atomic E-state index is 0.220. The molecule has 1 rings (SSSR count). The number of esters is 2. The third-order valence-electron chi connectivity index (χ3n) is 3.04. The topological polar surface area (TPSA) is 61.8 Å². The largest absolute Gasteiger partial charge is 0.493 e. The van der Waals surface area contributed by atoms with Gasteiger partial charge in [0, 0.05) is 18.1 Å². The van der Waals surface area contributed by atoms with E-state index < -0.39 is 0 Å². The zero-order valence-corrected chi connectivity index (χ0v) is 14.0. The third-order valence-corrected chi connectivity index (χ3v) is 3.04. The summed E-state index contributed by atoms with van der Waals surface area (Å²) in [5, 5.41) is 0. The Hall–Kier alpha value is -2.30. The van der Waals surface area contributed by atoms with Crippen LogP contribution in [0.15, 0.2) is 24.3 Å². The van der Waals surface area contributed by atoms with Crippen LogP contribution in [0.2, 0.25) is 0 Å². The van der Waals surface area contributed by atoms with E-state index in [-0.39, 0.29) is 11.9 Å². The molecular formula is C18H24O5. The van der Waals surface area contributed by atoms with Crippen molar-refractivity contribution >= 4 is 18.0 Å². The molecule has 1 aromatic rings. The first-order valence-electron chi connectivity index (χ1n) is 7.81. The zero-order chi connectivity index (χ0) is 17.1. The molecule has 0 aliphatic rings. The minimum Gasteiger partial charge on any atom is -0.493 e. The van der Waals surface area contributed by atoms with Gasteiger partial charge in [0.15, 0.2) is 0 Å². The second-order valence-electron chi connectivity index (χ2n) is 4.83. The lowest BCUT2D eigenvalue weighted by Gasteiger charge is -2.11. The van der Waals surface area contributed by atoms with Crippen molar-refractivity contribution in [3.05, 3.63) is 35.4 Å². The molecule has 0 radical (unpaired) electrons. The molecule has 0 amide bonds. The number of benzene rings is 1. The van der Waals surface area contributed by atoms with Gasteiger partial charge in [-0.25, -0.2) is 4.79 Å². The quantitative estimate of drug-likeness (QED) is 0.397. The summed E-state index contributed by atoms with van der Waals surface area (Å²) in [7, 11) is 0. The van der Waals surface area contributed by atoms with E-state index in [1.54, 1.807) is 19.9 Å². The maximum absolute atomic E-state index is 11.4. The second kappa shape index (κ2) is 10.4. The van der Waals surface area contributed by atoms with Crippen LogP contribution in [0.5, 0.6) is 5.75 Å². The molecule has 23 heavy (non-hydrogen) atoms. The van der Waals surface area contributed by atoms with Crippen LogP contribution in [-0.2, 0) is 19.1 Å². The molecule has 0 bridgehead atoms. The molecule has 126 valence electrons. The fraction of sp³-hybridized carbons (Fsp3) is 0.444. The Bertz CT molecular complexity index is 548. The Morgan fingerprint density at radius 2 is 1.87 bits per heavy atom. The average Bonchev–Trinajstić information content (AvgIpc) is 2.51. The van der Waals surface area contributed by atoms with Crippen LogP contribution in [0.4, 0.5) is 0 Å². The molecule has 0 spiro atoms. The zero-order valence-electron chi connectivity index (χ0n) is 14.0. The highest BCUT2D eigenvalue weighted by atomic mass is 16.5. The Labute approximate surface area is 137 Å². The lowest BCUT2D eigenvalue weighted by Crippen LogP contribution is -2.07. The molecule has 0 aliphatic carbocycles. The van der Waals surface area contributed by atoms with Crippen LogP contribution in [-0.4, -0.2) is 31.8 Å². The molecule has 0 aromatic heterocycles. The Morgan fingerprint density at radius 3 is 2.57 bits per heavy atom. The van der Waals surface area contributed by atoms with Gasteiger partial charge in [-0.3, -0.25) is 4.79 Å². The maximum Gasteiger partial charge on any atom is 0.330 e. The number of hydrogen-bond donors (Lipinski definition) is 0. The Balaban J connectivity index is 2.63. The molecule has 1 aromatic carbocycles. The van der Waals surface area contributed by atoms with Crippen molar-refractivity contribution in [1.29, 1.82) is 0 Å². The number of carbonyl (C=O) groups excluding carboxylic acids is 2. The molecule has 5 heteroatoms. The first-order valence-corrected chi connectivity index (χ1v) is 7.81. The summed E-state index contributed by atoms with van der Waals surface area (Å²) in [6.07, 6.45) is 3.98. The van der Waals surface area contributed by atoms with Crippen LogP contribution in [0.3, 0.4) is 0 Å². The normalized spacial score (nSPS) is 10.6. The fourth-order valence-electron chi connectivity index (χ4n) is 1.97. The molecule has 5 nitrogen and oxygen atoms in total. The third kappa shape index (κ3) is 7.00. The van der Waals surface area contributed by atoms with Crippen molar-refractivity contribution in [2.45, 2.75) is 33.6 Å². The van der Waals surface area contributed by atoms with Crippen molar-refractivity contribution in [3.8, 4) is 5.75 Å². The van der Waals surface area contributed by atoms with Gasteiger partial charge in [-0.15, -0.1) is 0 Å². The Morgan fingerprint density at radius 1 is 1.13 bits per heavy atom. The maximum atomic E-state index is 11.4. The number of carbonyl (C=O) groups is 2. The fourth-order valence-corrected chi connectivity index (χ4v) is 1.97. The SMILES string of the molecule is CCOC(=O)/C=C/c1c(C)cccc1OCCCC(=O)OCC. The summed E-state index contributed by atoms with van der Waals surface area (Å²) in [4.78, 5) is 22.7. The van der Waals surface area contributed by atoms with Crippen LogP contribution >= 0.6 is 0 Å². The van der Waals surface area contributed by atoms with Crippen molar-refractivity contribution < 1.29 is 23.8 Å². The van der Waals surface area contributed by atoms with Crippen LogP contribution in [0, 0.1) is 6.92 Å². The van der Waals surface area contributed by atoms with E-state index in [2.05, 4.69) is 0 Å². The lowest BCUT2D eigenvalue weighted by atomic mass is 10.1. The van der Waals surface area contributed by atoms with Crippen LogP contribution in [0.1, 0.15) is 37.8 Å². The summed E-state index contributed by atoms with van der Waals surface area (Å²) in [5.74, 6) is 0.0706. The van der Waals surface area contributed by atoms with E-state index >= 15 is 0 Å². The van der Waals surface area contributed by atoms with E-state index in [1.165, 1.54) is 6.08 Å². The van der Waals surface area contributed by atoms with Crippen molar-refractivity contribution in [1.82, 2.24) is 0 Å². The molecule has 0 unspecified atom stereocenters. The monoisotopic (exact) mass is 320 g/mol. The van der Waals surface area contributed by atoms with Gasteiger partial charge in [0.2, 0.25) is 0 Å². The first kappa shape index (κ1) is 18.7. The highest BCUT2D eigenvalue weighted by molar-refractivity contribution is 5.87. The predicted octanol–water partition coefficient (Wildman–Crippen LogP) is 3.29. The molecule has 0 N–H and O–H groups in total. The van der Waals surface area contributed by atoms with Gasteiger partial charge in [0.1, 0.15) is 5.75 Å². The molecule has 0 heterocycles. The van der Waals surface area contributed by atoms with Crippen LogP contribution in [0.25, 0.3) is 6.08 Å². The van der Waals surface area contributed by atoms with Crippen molar-refractivity contribution in [3.63, 3.8) is 0 Å². The molecule has 0 fully saturated rings. The van der Waals surface area contributed by atoms with E-state index in [1.807, 2.05) is 25.1 Å². The van der Waals surface area contributed by atoms with Gasteiger partial charge < -0.3 is 14.2 Å². The second-order valence-corrected chi connectivity index (χ2v) is 4.83. The van der Waals surface area contributed by atoms with E-state index in [4.69, 9.17) is 14.2 Å². The Kier molecular flexibility index (Phi) is 8.50. The van der Waals surface area contributed by atoms with Gasteiger partial charge in [0.25, 0.3) is 0 Å². The van der Waals surface area contributed by atoms with Crippen LogP contribution < -0.4 is 4.74 Å².